The summed E-state index contributed by atoms with van der Waals surface area (Å²) in [6.07, 6.45) is 0.754. The number of amides is 1. The van der Waals surface area contributed by atoms with Crippen LogP contribution in [0.3, 0.4) is 0 Å². The van der Waals surface area contributed by atoms with E-state index in [4.69, 9.17) is 9.47 Å². The highest BCUT2D eigenvalue weighted by atomic mass is 32.1. The van der Waals surface area contributed by atoms with Crippen molar-refractivity contribution in [3.8, 4) is 22.8 Å². The van der Waals surface area contributed by atoms with Crippen LogP contribution in [-0.2, 0) is 13.0 Å². The number of ether oxygens (including phenoxy) is 2. The van der Waals surface area contributed by atoms with Gasteiger partial charge in [0.05, 0.1) is 19.9 Å². The molecule has 4 rings (SSSR count). The van der Waals surface area contributed by atoms with Gasteiger partial charge < -0.3 is 14.0 Å². The number of aryl methyl sites for hydroxylation is 1. The number of aromatic nitrogens is 1. The first-order chi connectivity index (χ1) is 15.7. The minimum Gasteiger partial charge on any atom is -0.493 e. The molecule has 3 aromatic carbocycles. The van der Waals surface area contributed by atoms with Crippen LogP contribution in [0.4, 0.5) is 0 Å². The summed E-state index contributed by atoms with van der Waals surface area (Å²) in [7, 11) is 3.26. The lowest BCUT2D eigenvalue weighted by Crippen LogP contribution is -2.19. The molecule has 1 aromatic heterocycles. The Morgan fingerprint density at radius 1 is 0.906 bits per heavy atom. The molecule has 4 aromatic rings. The molecule has 0 saturated carbocycles. The lowest BCUT2D eigenvalue weighted by Gasteiger charge is -2.12. The largest absolute Gasteiger partial charge is 0.493 e. The van der Waals surface area contributed by atoms with Crippen molar-refractivity contribution in [3.63, 3.8) is 0 Å². The van der Waals surface area contributed by atoms with E-state index in [1.165, 1.54) is 11.3 Å². The van der Waals surface area contributed by atoms with Crippen LogP contribution in [0.1, 0.15) is 15.9 Å². The molecule has 0 bridgehead atoms. The number of carbonyl (C=O) groups excluding carboxylic acids is 1. The minimum atomic E-state index is -0.244. The van der Waals surface area contributed by atoms with Gasteiger partial charge in [-0.15, -0.1) is 11.3 Å². The van der Waals surface area contributed by atoms with Crippen LogP contribution in [-0.4, -0.2) is 24.7 Å². The van der Waals surface area contributed by atoms with Crippen LogP contribution in [0.5, 0.6) is 11.5 Å². The molecule has 0 aliphatic rings. The van der Waals surface area contributed by atoms with Crippen molar-refractivity contribution in [2.75, 3.05) is 14.2 Å². The number of carbonyl (C=O) groups is 1. The van der Waals surface area contributed by atoms with Crippen LogP contribution in [0.25, 0.3) is 11.3 Å². The maximum absolute atomic E-state index is 12.7. The number of rotatable bonds is 7. The standard InChI is InChI=1S/C26H24N2O3S/c1-30-23-14-13-19(17-24(23)31-2)15-16-28-22(20-9-5-3-6-10-20)18-32-26(28)27-25(29)21-11-7-4-8-12-21/h3-14,17-18H,15-16H2,1-2H3. The molecule has 1 amide bonds. The van der Waals surface area contributed by atoms with Gasteiger partial charge in [0.25, 0.3) is 5.91 Å². The van der Waals surface area contributed by atoms with Crippen LogP contribution in [0.15, 0.2) is 89.2 Å². The number of methoxy groups -OCH3 is 2. The summed E-state index contributed by atoms with van der Waals surface area (Å²) in [6.45, 7) is 0.671. The van der Waals surface area contributed by atoms with Gasteiger partial charge in [-0.05, 0) is 41.8 Å². The lowest BCUT2D eigenvalue weighted by molar-refractivity contribution is 0.0998. The Morgan fingerprint density at radius 2 is 1.59 bits per heavy atom. The smallest absolute Gasteiger partial charge is 0.279 e. The van der Waals surface area contributed by atoms with E-state index in [1.807, 2.05) is 54.6 Å². The number of benzene rings is 3. The second kappa shape index (κ2) is 10.1. The van der Waals surface area contributed by atoms with E-state index in [-0.39, 0.29) is 5.91 Å². The minimum absolute atomic E-state index is 0.244. The van der Waals surface area contributed by atoms with Crippen molar-refractivity contribution in [3.05, 3.63) is 100 Å². The summed E-state index contributed by atoms with van der Waals surface area (Å²) >= 11 is 1.47. The predicted molar refractivity (Wildman–Crippen MR) is 127 cm³/mol. The second-order valence-electron chi connectivity index (χ2n) is 7.14. The zero-order valence-electron chi connectivity index (χ0n) is 18.0. The van der Waals surface area contributed by atoms with Gasteiger partial charge in [-0.2, -0.15) is 4.99 Å². The summed E-state index contributed by atoms with van der Waals surface area (Å²) in [5.74, 6) is 1.16. The SMILES string of the molecule is COc1ccc(CCn2c(-c3ccccc3)csc2=NC(=O)c2ccccc2)cc1OC. The summed E-state index contributed by atoms with van der Waals surface area (Å²) in [5.41, 5.74) is 3.81. The fourth-order valence-corrected chi connectivity index (χ4v) is 4.42. The van der Waals surface area contributed by atoms with Gasteiger partial charge in [0.2, 0.25) is 0 Å². The molecule has 5 nitrogen and oxygen atoms in total. The highest BCUT2D eigenvalue weighted by Crippen LogP contribution is 2.28. The van der Waals surface area contributed by atoms with E-state index in [9.17, 15) is 4.79 Å². The molecule has 0 fully saturated rings. The first kappa shape index (κ1) is 21.6. The van der Waals surface area contributed by atoms with Gasteiger partial charge >= 0.3 is 0 Å². The molecule has 1 heterocycles. The Kier molecular flexibility index (Phi) is 6.82. The molecule has 162 valence electrons. The van der Waals surface area contributed by atoms with E-state index >= 15 is 0 Å². The van der Waals surface area contributed by atoms with E-state index in [1.54, 1.807) is 26.4 Å². The Balaban J connectivity index is 1.70. The highest BCUT2D eigenvalue weighted by molar-refractivity contribution is 7.07. The Hall–Kier alpha value is -3.64. The van der Waals surface area contributed by atoms with Crippen LogP contribution < -0.4 is 14.3 Å². The van der Waals surface area contributed by atoms with Gasteiger partial charge in [-0.25, -0.2) is 0 Å². The molecular formula is C26H24N2O3S. The number of hydrogen-bond donors (Lipinski definition) is 0. The second-order valence-corrected chi connectivity index (χ2v) is 7.98. The van der Waals surface area contributed by atoms with Gasteiger partial charge in [-0.1, -0.05) is 54.6 Å². The predicted octanol–water partition coefficient (Wildman–Crippen LogP) is 5.22. The number of nitrogens with zero attached hydrogens (tertiary/aromatic N) is 2. The van der Waals surface area contributed by atoms with Gasteiger partial charge in [0.15, 0.2) is 16.3 Å². The van der Waals surface area contributed by atoms with E-state index in [0.29, 0.717) is 28.4 Å². The molecule has 32 heavy (non-hydrogen) atoms. The molecule has 0 aliphatic heterocycles. The van der Waals surface area contributed by atoms with Crippen molar-refractivity contribution in [2.45, 2.75) is 13.0 Å². The third kappa shape index (κ3) is 4.81. The number of hydrogen-bond acceptors (Lipinski definition) is 4. The monoisotopic (exact) mass is 444 g/mol. The molecule has 0 atom stereocenters. The summed E-state index contributed by atoms with van der Waals surface area (Å²) in [4.78, 5) is 17.9. The molecule has 0 radical (unpaired) electrons. The van der Waals surface area contributed by atoms with Crippen LogP contribution >= 0.6 is 11.3 Å². The van der Waals surface area contributed by atoms with Crippen molar-refractivity contribution < 1.29 is 14.3 Å². The van der Waals surface area contributed by atoms with Crippen LogP contribution in [0.2, 0.25) is 0 Å². The van der Waals surface area contributed by atoms with E-state index in [2.05, 4.69) is 27.1 Å². The Morgan fingerprint density at radius 3 is 2.28 bits per heavy atom. The fraction of sp³-hybridized carbons (Fsp3) is 0.154. The van der Waals surface area contributed by atoms with Crippen molar-refractivity contribution in [1.29, 1.82) is 0 Å². The highest BCUT2D eigenvalue weighted by Gasteiger charge is 2.11. The molecule has 0 saturated heterocycles. The fourth-order valence-electron chi connectivity index (χ4n) is 3.48. The maximum Gasteiger partial charge on any atom is 0.279 e. The third-order valence-corrected chi connectivity index (χ3v) is 6.02. The molecule has 0 N–H and O–H groups in total. The maximum atomic E-state index is 12.7. The molecular weight excluding hydrogens is 420 g/mol. The zero-order valence-corrected chi connectivity index (χ0v) is 18.8. The summed E-state index contributed by atoms with van der Waals surface area (Å²) in [6, 6.07) is 25.2. The quantitative estimate of drug-likeness (QED) is 0.393. The van der Waals surface area contributed by atoms with Gasteiger partial charge in [0.1, 0.15) is 0 Å². The average Bonchev–Trinajstić information content (AvgIpc) is 3.25. The number of thiazole rings is 1. The molecule has 6 heteroatoms. The van der Waals surface area contributed by atoms with Gasteiger partial charge in [0, 0.05) is 17.5 Å². The zero-order chi connectivity index (χ0) is 22.3. The van der Waals surface area contributed by atoms with E-state index in [0.717, 1.165) is 23.2 Å². The average molecular weight is 445 g/mol. The van der Waals surface area contributed by atoms with E-state index < -0.39 is 0 Å². The topological polar surface area (TPSA) is 52.8 Å². The Labute approximate surface area is 191 Å². The third-order valence-electron chi connectivity index (χ3n) is 5.16. The van der Waals surface area contributed by atoms with Crippen LogP contribution in [0, 0.1) is 0 Å². The summed E-state index contributed by atoms with van der Waals surface area (Å²) < 4.78 is 12.9. The van der Waals surface area contributed by atoms with Gasteiger partial charge in [-0.3, -0.25) is 4.79 Å². The van der Waals surface area contributed by atoms with Crippen molar-refractivity contribution in [1.82, 2.24) is 4.57 Å². The first-order valence-electron chi connectivity index (χ1n) is 10.3. The Bertz CT molecular complexity index is 1260. The molecule has 0 unspecified atom stereocenters. The first-order valence-corrected chi connectivity index (χ1v) is 11.2. The summed E-state index contributed by atoms with van der Waals surface area (Å²) in [5, 5.41) is 2.06. The molecule has 0 aliphatic carbocycles. The molecule has 0 spiro atoms. The normalized spacial score (nSPS) is 11.4. The van der Waals surface area contributed by atoms with Crippen molar-refractivity contribution in [2.24, 2.45) is 4.99 Å². The van der Waals surface area contributed by atoms with Crippen molar-refractivity contribution >= 4 is 17.2 Å². The lowest BCUT2D eigenvalue weighted by atomic mass is 10.1.